The highest BCUT2D eigenvalue weighted by Crippen LogP contribution is 2.28. The Balaban J connectivity index is 1.35. The van der Waals surface area contributed by atoms with Crippen LogP contribution < -0.4 is 10.1 Å². The highest BCUT2D eigenvalue weighted by atomic mass is 16.5. The Morgan fingerprint density at radius 2 is 1.93 bits per heavy atom. The van der Waals surface area contributed by atoms with Gasteiger partial charge < -0.3 is 19.7 Å². The zero-order chi connectivity index (χ0) is 20.1. The van der Waals surface area contributed by atoms with E-state index in [0.717, 1.165) is 50.9 Å². The van der Waals surface area contributed by atoms with Gasteiger partial charge in [0.2, 0.25) is 0 Å². The molecule has 2 fully saturated rings. The minimum Gasteiger partial charge on any atom is -0.496 e. The Morgan fingerprint density at radius 1 is 1.17 bits per heavy atom. The molecular formula is C22H30N4O3. The summed E-state index contributed by atoms with van der Waals surface area (Å²) < 4.78 is 12.8. The smallest absolute Gasteiger partial charge is 0.260 e. The Bertz CT molecular complexity index is 808. The quantitative estimate of drug-likeness (QED) is 0.809. The van der Waals surface area contributed by atoms with Crippen LogP contribution in [0, 0.1) is 5.92 Å². The fourth-order valence-corrected chi connectivity index (χ4v) is 4.36. The molecule has 0 atom stereocenters. The monoisotopic (exact) mass is 398 g/mol. The first-order valence-corrected chi connectivity index (χ1v) is 10.5. The fraction of sp³-hybridized carbons (Fsp3) is 0.545. The Labute approximate surface area is 172 Å². The van der Waals surface area contributed by atoms with Gasteiger partial charge >= 0.3 is 0 Å². The minimum absolute atomic E-state index is 0.179. The van der Waals surface area contributed by atoms with E-state index in [-0.39, 0.29) is 5.91 Å². The van der Waals surface area contributed by atoms with Gasteiger partial charge in [0.05, 0.1) is 24.9 Å². The zero-order valence-electron chi connectivity index (χ0n) is 17.0. The van der Waals surface area contributed by atoms with Crippen LogP contribution in [0.3, 0.4) is 0 Å². The third-order valence-electron chi connectivity index (χ3n) is 6.02. The molecule has 0 spiro atoms. The molecule has 0 bridgehead atoms. The molecule has 1 N–H and O–H groups in total. The van der Waals surface area contributed by atoms with Gasteiger partial charge in [-0.1, -0.05) is 12.1 Å². The molecule has 7 heteroatoms. The number of hydrogen-bond donors (Lipinski definition) is 1. The van der Waals surface area contributed by atoms with Gasteiger partial charge in [-0.05, 0) is 43.7 Å². The predicted octanol–water partition coefficient (Wildman–Crippen LogP) is 3.21. The standard InChI is InChI=1S/C22H30N4O3/c1-28-20-5-3-2-4-19(20)22(27)24-21-6-11-23-26(21)18-7-12-25(13-8-18)16-17-9-14-29-15-10-17/h2-6,11,17-18H,7-10,12-16H2,1H3,(H,24,27). The summed E-state index contributed by atoms with van der Waals surface area (Å²) in [5.74, 6) is 1.89. The van der Waals surface area contributed by atoms with Crippen molar-refractivity contribution in [2.24, 2.45) is 5.92 Å². The maximum absolute atomic E-state index is 12.7. The van der Waals surface area contributed by atoms with Crippen molar-refractivity contribution in [1.82, 2.24) is 14.7 Å². The van der Waals surface area contributed by atoms with Crippen molar-refractivity contribution in [2.75, 3.05) is 45.3 Å². The highest BCUT2D eigenvalue weighted by molar-refractivity contribution is 6.05. The first-order valence-electron chi connectivity index (χ1n) is 10.5. The number of methoxy groups -OCH3 is 1. The Kier molecular flexibility index (Phi) is 6.46. The van der Waals surface area contributed by atoms with Gasteiger partial charge in [0.15, 0.2) is 0 Å². The molecular weight excluding hydrogens is 368 g/mol. The van der Waals surface area contributed by atoms with E-state index in [9.17, 15) is 4.79 Å². The summed E-state index contributed by atoms with van der Waals surface area (Å²) in [5.41, 5.74) is 0.522. The lowest BCUT2D eigenvalue weighted by Gasteiger charge is -2.35. The van der Waals surface area contributed by atoms with Crippen LogP contribution >= 0.6 is 0 Å². The topological polar surface area (TPSA) is 68.6 Å². The number of nitrogens with one attached hydrogen (secondary N) is 1. The van der Waals surface area contributed by atoms with Crippen LogP contribution in [-0.2, 0) is 4.74 Å². The molecule has 1 aromatic heterocycles. The number of amides is 1. The van der Waals surface area contributed by atoms with Crippen LogP contribution in [0.4, 0.5) is 5.82 Å². The second-order valence-electron chi connectivity index (χ2n) is 7.90. The van der Waals surface area contributed by atoms with Crippen LogP contribution in [0.15, 0.2) is 36.5 Å². The number of carbonyl (C=O) groups excluding carboxylic acids is 1. The molecule has 0 radical (unpaired) electrons. The van der Waals surface area contributed by atoms with Crippen molar-refractivity contribution in [3.05, 3.63) is 42.1 Å². The van der Waals surface area contributed by atoms with Gasteiger partial charge in [-0.3, -0.25) is 4.79 Å². The van der Waals surface area contributed by atoms with Crippen LogP contribution in [-0.4, -0.2) is 60.5 Å². The minimum atomic E-state index is -0.179. The molecule has 4 rings (SSSR count). The normalized spacial score (nSPS) is 19.2. The number of carbonyl (C=O) groups is 1. The first kappa shape index (κ1) is 19.9. The van der Waals surface area contributed by atoms with Crippen LogP contribution in [0.25, 0.3) is 0 Å². The molecule has 2 saturated heterocycles. The number of benzene rings is 1. The molecule has 1 amide bonds. The number of anilines is 1. The molecule has 2 aliphatic heterocycles. The third kappa shape index (κ3) is 4.79. The molecule has 1 aromatic carbocycles. The number of hydrogen-bond acceptors (Lipinski definition) is 5. The van der Waals surface area contributed by atoms with E-state index < -0.39 is 0 Å². The molecule has 0 aliphatic carbocycles. The van der Waals surface area contributed by atoms with Gasteiger partial charge in [-0.25, -0.2) is 4.68 Å². The summed E-state index contributed by atoms with van der Waals surface area (Å²) in [5, 5.41) is 7.52. The lowest BCUT2D eigenvalue weighted by molar-refractivity contribution is 0.0468. The average Bonchev–Trinajstić information content (AvgIpc) is 3.23. The summed E-state index contributed by atoms with van der Waals surface area (Å²) in [6.07, 6.45) is 6.20. The maximum Gasteiger partial charge on any atom is 0.260 e. The summed E-state index contributed by atoms with van der Waals surface area (Å²) in [7, 11) is 1.57. The SMILES string of the molecule is COc1ccccc1C(=O)Nc1ccnn1C1CCN(CC2CCOCC2)CC1. The Hall–Kier alpha value is -2.38. The maximum atomic E-state index is 12.7. The number of nitrogens with zero attached hydrogens (tertiary/aromatic N) is 3. The molecule has 2 aromatic rings. The fourth-order valence-electron chi connectivity index (χ4n) is 4.36. The third-order valence-corrected chi connectivity index (χ3v) is 6.02. The van der Waals surface area contributed by atoms with Gasteiger partial charge in [0.1, 0.15) is 11.6 Å². The number of para-hydroxylation sites is 1. The predicted molar refractivity (Wildman–Crippen MR) is 111 cm³/mol. The number of piperidine rings is 1. The summed E-state index contributed by atoms with van der Waals surface area (Å²) in [6, 6.07) is 9.42. The summed E-state index contributed by atoms with van der Waals surface area (Å²) >= 11 is 0. The number of rotatable bonds is 6. The van der Waals surface area contributed by atoms with E-state index in [1.54, 1.807) is 25.4 Å². The lowest BCUT2D eigenvalue weighted by Crippen LogP contribution is -2.39. The molecule has 0 unspecified atom stereocenters. The number of aromatic nitrogens is 2. The van der Waals surface area contributed by atoms with Crippen molar-refractivity contribution < 1.29 is 14.3 Å². The van der Waals surface area contributed by atoms with E-state index >= 15 is 0 Å². The van der Waals surface area contributed by atoms with Crippen molar-refractivity contribution >= 4 is 11.7 Å². The average molecular weight is 399 g/mol. The molecule has 0 saturated carbocycles. The van der Waals surface area contributed by atoms with Crippen molar-refractivity contribution in [3.63, 3.8) is 0 Å². The van der Waals surface area contributed by atoms with Crippen molar-refractivity contribution in [1.29, 1.82) is 0 Å². The zero-order valence-corrected chi connectivity index (χ0v) is 17.0. The highest BCUT2D eigenvalue weighted by Gasteiger charge is 2.26. The van der Waals surface area contributed by atoms with Gasteiger partial charge in [-0.2, -0.15) is 5.10 Å². The van der Waals surface area contributed by atoms with Gasteiger partial charge in [0.25, 0.3) is 5.91 Å². The molecule has 156 valence electrons. The van der Waals surface area contributed by atoms with Crippen LogP contribution in [0.2, 0.25) is 0 Å². The van der Waals surface area contributed by atoms with E-state index in [2.05, 4.69) is 15.3 Å². The van der Waals surface area contributed by atoms with Crippen LogP contribution in [0.5, 0.6) is 5.75 Å². The molecule has 2 aliphatic rings. The second kappa shape index (κ2) is 9.41. The van der Waals surface area contributed by atoms with E-state index in [0.29, 0.717) is 17.4 Å². The van der Waals surface area contributed by atoms with Gasteiger partial charge in [-0.15, -0.1) is 0 Å². The van der Waals surface area contributed by atoms with Gasteiger partial charge in [0, 0.05) is 38.9 Å². The van der Waals surface area contributed by atoms with E-state index in [1.807, 2.05) is 22.9 Å². The van der Waals surface area contributed by atoms with Crippen LogP contribution in [0.1, 0.15) is 42.1 Å². The lowest BCUT2D eigenvalue weighted by atomic mass is 9.97. The van der Waals surface area contributed by atoms with Crippen molar-refractivity contribution in [3.8, 4) is 5.75 Å². The number of ether oxygens (including phenoxy) is 2. The summed E-state index contributed by atoms with van der Waals surface area (Å²) in [6.45, 7) is 5.13. The van der Waals surface area contributed by atoms with E-state index in [4.69, 9.17) is 9.47 Å². The largest absolute Gasteiger partial charge is 0.496 e. The number of likely N-dealkylation sites (tertiary alicyclic amines) is 1. The van der Waals surface area contributed by atoms with Crippen molar-refractivity contribution in [2.45, 2.75) is 31.7 Å². The second-order valence-corrected chi connectivity index (χ2v) is 7.90. The van der Waals surface area contributed by atoms with E-state index in [1.165, 1.54) is 19.4 Å². The Morgan fingerprint density at radius 3 is 2.69 bits per heavy atom. The first-order chi connectivity index (χ1) is 14.2. The summed E-state index contributed by atoms with van der Waals surface area (Å²) in [4.78, 5) is 15.3. The molecule has 3 heterocycles. The molecule has 7 nitrogen and oxygen atoms in total. The molecule has 29 heavy (non-hydrogen) atoms.